The molecule has 1 aromatic carbocycles. The first-order valence-corrected chi connectivity index (χ1v) is 6.32. The molecule has 1 N–H and O–H groups in total. The number of anilines is 2. The molecule has 0 radical (unpaired) electrons. The second-order valence-electron chi connectivity index (χ2n) is 4.57. The number of aromatic nitrogens is 1. The third-order valence-electron chi connectivity index (χ3n) is 2.62. The molecule has 20 heavy (non-hydrogen) atoms. The van der Waals surface area contributed by atoms with Crippen LogP contribution in [-0.4, -0.2) is 29.8 Å². The fraction of sp³-hybridized carbons (Fsp3) is 0.125. The summed E-state index contributed by atoms with van der Waals surface area (Å²) in [6.07, 6.45) is 4.83. The van der Waals surface area contributed by atoms with Crippen LogP contribution in [0.5, 0.6) is 0 Å². The predicted octanol–water partition coefficient (Wildman–Crippen LogP) is 3.08. The molecule has 102 valence electrons. The number of rotatable bonds is 5. The van der Waals surface area contributed by atoms with Crippen LogP contribution in [0.15, 0.2) is 60.9 Å². The van der Waals surface area contributed by atoms with Gasteiger partial charge in [0.25, 0.3) is 0 Å². The molecule has 0 aliphatic carbocycles. The molecule has 0 aliphatic heterocycles. The van der Waals surface area contributed by atoms with Crippen LogP contribution in [0, 0.1) is 0 Å². The number of carbonyl (C=O) groups is 1. The Morgan fingerprint density at radius 3 is 2.50 bits per heavy atom. The molecule has 0 aliphatic rings. The third kappa shape index (κ3) is 3.95. The van der Waals surface area contributed by atoms with Gasteiger partial charge in [0.1, 0.15) is 5.82 Å². The Morgan fingerprint density at radius 2 is 1.90 bits per heavy atom. The van der Waals surface area contributed by atoms with Gasteiger partial charge in [-0.2, -0.15) is 0 Å². The largest absolute Gasteiger partial charge is 0.383 e. The van der Waals surface area contributed by atoms with E-state index in [0.717, 1.165) is 5.69 Å². The van der Waals surface area contributed by atoms with Crippen molar-refractivity contribution in [3.63, 3.8) is 0 Å². The maximum Gasteiger partial charge on any atom is 0.188 e. The minimum absolute atomic E-state index is 0.0579. The standard InChI is InChI=1S/C16H17N3O/c1-19(2)11-10-15(20)13-8-9-16(17-12-13)18-14-6-4-3-5-7-14/h3-12H,1-2H3,(H,17,18). The molecular weight excluding hydrogens is 250 g/mol. The number of benzene rings is 1. The molecule has 1 heterocycles. The third-order valence-corrected chi connectivity index (χ3v) is 2.62. The van der Waals surface area contributed by atoms with Gasteiger partial charge in [0, 0.05) is 43.8 Å². The molecule has 1 aromatic heterocycles. The molecule has 0 unspecified atom stereocenters. The van der Waals surface area contributed by atoms with Crippen LogP contribution < -0.4 is 5.32 Å². The smallest absolute Gasteiger partial charge is 0.188 e. The van der Waals surface area contributed by atoms with E-state index in [4.69, 9.17) is 0 Å². The van der Waals surface area contributed by atoms with E-state index >= 15 is 0 Å². The Balaban J connectivity index is 2.05. The number of hydrogen-bond acceptors (Lipinski definition) is 4. The van der Waals surface area contributed by atoms with Crippen molar-refractivity contribution in [3.8, 4) is 0 Å². The zero-order chi connectivity index (χ0) is 14.4. The van der Waals surface area contributed by atoms with E-state index < -0.39 is 0 Å². The molecule has 2 rings (SSSR count). The lowest BCUT2D eigenvalue weighted by molar-refractivity contribution is 0.104. The van der Waals surface area contributed by atoms with Crippen LogP contribution in [-0.2, 0) is 0 Å². The summed E-state index contributed by atoms with van der Waals surface area (Å²) in [4.78, 5) is 17.9. The highest BCUT2D eigenvalue weighted by molar-refractivity contribution is 6.04. The normalized spacial score (nSPS) is 10.5. The second-order valence-corrected chi connectivity index (χ2v) is 4.57. The summed E-state index contributed by atoms with van der Waals surface area (Å²) in [5.41, 5.74) is 1.54. The summed E-state index contributed by atoms with van der Waals surface area (Å²) < 4.78 is 0. The number of carbonyl (C=O) groups excluding carboxylic acids is 1. The maximum atomic E-state index is 11.8. The van der Waals surface area contributed by atoms with Crippen molar-refractivity contribution in [3.05, 3.63) is 66.5 Å². The fourth-order valence-corrected chi connectivity index (χ4v) is 1.60. The van der Waals surface area contributed by atoms with Gasteiger partial charge in [0.05, 0.1) is 0 Å². The number of ketones is 1. The van der Waals surface area contributed by atoms with E-state index in [2.05, 4.69) is 10.3 Å². The average molecular weight is 267 g/mol. The lowest BCUT2D eigenvalue weighted by Gasteiger charge is -2.06. The lowest BCUT2D eigenvalue weighted by atomic mass is 10.2. The summed E-state index contributed by atoms with van der Waals surface area (Å²) in [5.74, 6) is 0.654. The van der Waals surface area contributed by atoms with Gasteiger partial charge in [0.2, 0.25) is 0 Å². The van der Waals surface area contributed by atoms with E-state index in [1.807, 2.05) is 49.3 Å². The van der Waals surface area contributed by atoms with Gasteiger partial charge in [-0.3, -0.25) is 4.79 Å². The van der Waals surface area contributed by atoms with Crippen LogP contribution in [0.1, 0.15) is 10.4 Å². The summed E-state index contributed by atoms with van der Waals surface area (Å²) in [6.45, 7) is 0. The Bertz CT molecular complexity index is 589. The van der Waals surface area contributed by atoms with Crippen molar-refractivity contribution in [2.24, 2.45) is 0 Å². The number of hydrogen-bond donors (Lipinski definition) is 1. The van der Waals surface area contributed by atoms with Crippen LogP contribution >= 0.6 is 0 Å². The summed E-state index contributed by atoms with van der Waals surface area (Å²) in [7, 11) is 3.74. The second kappa shape index (κ2) is 6.52. The molecule has 0 amide bonds. The number of allylic oxidation sites excluding steroid dienone is 1. The minimum atomic E-state index is -0.0579. The van der Waals surface area contributed by atoms with E-state index in [9.17, 15) is 4.79 Å². The van der Waals surface area contributed by atoms with Gasteiger partial charge in [-0.25, -0.2) is 4.98 Å². The molecule has 2 aromatic rings. The topological polar surface area (TPSA) is 45.2 Å². The molecule has 0 spiro atoms. The van der Waals surface area contributed by atoms with Gasteiger partial charge in [-0.05, 0) is 24.3 Å². The Labute approximate surface area is 118 Å². The van der Waals surface area contributed by atoms with E-state index in [-0.39, 0.29) is 5.78 Å². The van der Waals surface area contributed by atoms with E-state index in [0.29, 0.717) is 11.4 Å². The molecule has 0 fully saturated rings. The first kappa shape index (κ1) is 13.8. The van der Waals surface area contributed by atoms with Crippen molar-refractivity contribution in [2.75, 3.05) is 19.4 Å². The molecule has 0 saturated heterocycles. The van der Waals surface area contributed by atoms with Gasteiger partial charge in [-0.15, -0.1) is 0 Å². The van der Waals surface area contributed by atoms with Crippen molar-refractivity contribution >= 4 is 17.3 Å². The number of para-hydroxylation sites is 1. The highest BCUT2D eigenvalue weighted by atomic mass is 16.1. The van der Waals surface area contributed by atoms with E-state index in [1.165, 1.54) is 6.08 Å². The number of nitrogens with zero attached hydrogens (tertiary/aromatic N) is 2. The zero-order valence-corrected chi connectivity index (χ0v) is 11.6. The number of nitrogens with one attached hydrogen (secondary N) is 1. The van der Waals surface area contributed by atoms with Gasteiger partial charge < -0.3 is 10.2 Å². The summed E-state index contributed by atoms with van der Waals surface area (Å²) in [5, 5.41) is 3.17. The van der Waals surface area contributed by atoms with Crippen LogP contribution in [0.4, 0.5) is 11.5 Å². The van der Waals surface area contributed by atoms with Crippen LogP contribution in [0.2, 0.25) is 0 Å². The van der Waals surface area contributed by atoms with Crippen molar-refractivity contribution < 1.29 is 4.79 Å². The highest BCUT2D eigenvalue weighted by Crippen LogP contribution is 2.14. The molecule has 0 atom stereocenters. The average Bonchev–Trinajstić information content (AvgIpc) is 2.46. The predicted molar refractivity (Wildman–Crippen MR) is 81.1 cm³/mol. The Kier molecular flexibility index (Phi) is 4.50. The zero-order valence-electron chi connectivity index (χ0n) is 11.6. The maximum absolute atomic E-state index is 11.8. The van der Waals surface area contributed by atoms with Crippen LogP contribution in [0.3, 0.4) is 0 Å². The molecule has 4 heteroatoms. The van der Waals surface area contributed by atoms with E-state index in [1.54, 1.807) is 24.5 Å². The summed E-state index contributed by atoms with van der Waals surface area (Å²) in [6, 6.07) is 13.3. The van der Waals surface area contributed by atoms with Gasteiger partial charge in [-0.1, -0.05) is 18.2 Å². The fourth-order valence-electron chi connectivity index (χ4n) is 1.60. The Hall–Kier alpha value is -2.62. The monoisotopic (exact) mass is 267 g/mol. The quantitative estimate of drug-likeness (QED) is 0.668. The van der Waals surface area contributed by atoms with Gasteiger partial charge in [0.15, 0.2) is 5.78 Å². The highest BCUT2D eigenvalue weighted by Gasteiger charge is 2.03. The first-order chi connectivity index (χ1) is 9.65. The minimum Gasteiger partial charge on any atom is -0.383 e. The van der Waals surface area contributed by atoms with Crippen LogP contribution in [0.25, 0.3) is 0 Å². The van der Waals surface area contributed by atoms with Crippen molar-refractivity contribution in [1.82, 2.24) is 9.88 Å². The number of pyridine rings is 1. The summed E-state index contributed by atoms with van der Waals surface area (Å²) >= 11 is 0. The lowest BCUT2D eigenvalue weighted by Crippen LogP contribution is -2.03. The SMILES string of the molecule is CN(C)C=CC(=O)c1ccc(Nc2ccccc2)nc1. The van der Waals surface area contributed by atoms with Crippen molar-refractivity contribution in [2.45, 2.75) is 0 Å². The molecule has 4 nitrogen and oxygen atoms in total. The molecule has 0 bridgehead atoms. The van der Waals surface area contributed by atoms with Gasteiger partial charge >= 0.3 is 0 Å². The molecule has 0 saturated carbocycles. The van der Waals surface area contributed by atoms with Crippen molar-refractivity contribution in [1.29, 1.82) is 0 Å². The molecular formula is C16H17N3O. The Morgan fingerprint density at radius 1 is 1.15 bits per heavy atom. The first-order valence-electron chi connectivity index (χ1n) is 6.32.